The van der Waals surface area contributed by atoms with Gasteiger partial charge in [-0.1, -0.05) is 32.4 Å². The molecular formula is C25H26O6. The van der Waals surface area contributed by atoms with Crippen LogP contribution in [0.25, 0.3) is 6.08 Å². The summed E-state index contributed by atoms with van der Waals surface area (Å²) in [6.45, 7) is 15.4. The van der Waals surface area contributed by atoms with Gasteiger partial charge in [-0.05, 0) is 67.3 Å². The highest BCUT2D eigenvalue weighted by Gasteiger charge is 2.18. The minimum atomic E-state index is -0.574. The van der Waals surface area contributed by atoms with Gasteiger partial charge >= 0.3 is 11.9 Å². The summed E-state index contributed by atoms with van der Waals surface area (Å²) >= 11 is 0. The summed E-state index contributed by atoms with van der Waals surface area (Å²) < 4.78 is 15.4. The Bertz CT molecular complexity index is 956. The second-order valence-corrected chi connectivity index (χ2v) is 6.43. The Morgan fingerprint density at radius 2 is 1.65 bits per heavy atom. The predicted molar refractivity (Wildman–Crippen MR) is 120 cm³/mol. The molecule has 1 aliphatic rings. The van der Waals surface area contributed by atoms with Crippen LogP contribution in [0.1, 0.15) is 24.5 Å². The van der Waals surface area contributed by atoms with Crippen molar-refractivity contribution in [2.24, 2.45) is 0 Å². The molecule has 0 saturated heterocycles. The summed E-state index contributed by atoms with van der Waals surface area (Å²) in [5.74, 6) is -0.0289. The molecule has 2 rings (SSSR count). The van der Waals surface area contributed by atoms with E-state index in [1.165, 1.54) is 25.2 Å². The number of carbonyl (C=O) groups excluding carboxylic acids is 3. The Morgan fingerprint density at radius 1 is 1.03 bits per heavy atom. The zero-order chi connectivity index (χ0) is 23.4. The van der Waals surface area contributed by atoms with Crippen LogP contribution in [0.15, 0.2) is 85.4 Å². The van der Waals surface area contributed by atoms with E-state index in [0.717, 1.165) is 23.3 Å². The number of hydrogen-bond acceptors (Lipinski definition) is 6. The molecule has 0 aromatic heterocycles. The summed E-state index contributed by atoms with van der Waals surface area (Å²) in [4.78, 5) is 32.8. The van der Waals surface area contributed by atoms with E-state index in [1.54, 1.807) is 7.11 Å². The molecule has 6 nitrogen and oxygen atoms in total. The number of ether oxygens (including phenoxy) is 3. The normalized spacial score (nSPS) is 11.6. The lowest BCUT2D eigenvalue weighted by molar-refractivity contribution is -0.135. The molecule has 1 aliphatic carbocycles. The van der Waals surface area contributed by atoms with Gasteiger partial charge in [0.1, 0.15) is 23.6 Å². The van der Waals surface area contributed by atoms with Crippen LogP contribution in [0.2, 0.25) is 0 Å². The van der Waals surface area contributed by atoms with Crippen molar-refractivity contribution in [1.82, 2.24) is 0 Å². The summed E-state index contributed by atoms with van der Waals surface area (Å²) in [5.41, 5.74) is 2.92. The highest BCUT2D eigenvalue weighted by molar-refractivity contribution is 5.95. The fourth-order valence-corrected chi connectivity index (χ4v) is 2.40. The largest absolute Gasteiger partial charge is 0.497 e. The summed E-state index contributed by atoms with van der Waals surface area (Å²) in [7, 11) is 1.62. The van der Waals surface area contributed by atoms with Gasteiger partial charge < -0.3 is 14.2 Å². The van der Waals surface area contributed by atoms with Crippen molar-refractivity contribution in [3.63, 3.8) is 0 Å². The van der Waals surface area contributed by atoms with E-state index in [4.69, 9.17) is 19.0 Å². The van der Waals surface area contributed by atoms with E-state index in [9.17, 15) is 9.59 Å². The number of aryl methyl sites for hydroxylation is 1. The number of esters is 2. The molecule has 0 amide bonds. The van der Waals surface area contributed by atoms with Gasteiger partial charge in [-0.3, -0.25) is 4.79 Å². The summed E-state index contributed by atoms with van der Waals surface area (Å²) in [6.07, 6.45) is 7.74. The maximum absolute atomic E-state index is 12.3. The average Bonchev–Trinajstić information content (AvgIpc) is 2.76. The Morgan fingerprint density at radius 3 is 2.19 bits per heavy atom. The first-order chi connectivity index (χ1) is 14.7. The van der Waals surface area contributed by atoms with Crippen LogP contribution < -0.4 is 4.74 Å². The molecule has 6 heteroatoms. The minimum Gasteiger partial charge on any atom is -0.497 e. The molecule has 0 spiro atoms. The maximum atomic E-state index is 12.3. The highest BCUT2D eigenvalue weighted by atomic mass is 16.5. The Balaban J connectivity index is 0.00000110. The van der Waals surface area contributed by atoms with Crippen LogP contribution in [0.4, 0.5) is 0 Å². The van der Waals surface area contributed by atoms with Gasteiger partial charge in [0.25, 0.3) is 0 Å². The molecule has 0 atom stereocenters. The molecule has 0 aliphatic heterocycles. The van der Waals surface area contributed by atoms with E-state index in [1.807, 2.05) is 24.3 Å². The van der Waals surface area contributed by atoms with Gasteiger partial charge in [-0.25, -0.2) is 9.59 Å². The van der Waals surface area contributed by atoms with Crippen molar-refractivity contribution in [1.29, 1.82) is 0 Å². The van der Waals surface area contributed by atoms with E-state index in [-0.39, 0.29) is 17.1 Å². The van der Waals surface area contributed by atoms with E-state index >= 15 is 0 Å². The van der Waals surface area contributed by atoms with Crippen molar-refractivity contribution in [2.45, 2.75) is 19.8 Å². The minimum absolute atomic E-state index is 0.0972. The van der Waals surface area contributed by atoms with Gasteiger partial charge in [0.2, 0.25) is 0 Å². The molecule has 1 aromatic rings. The van der Waals surface area contributed by atoms with E-state index < -0.39 is 11.9 Å². The molecule has 0 saturated carbocycles. The first-order valence-electron chi connectivity index (χ1n) is 9.31. The van der Waals surface area contributed by atoms with Crippen LogP contribution in [0, 0.1) is 0 Å². The van der Waals surface area contributed by atoms with Gasteiger partial charge in [-0.15, -0.1) is 0 Å². The van der Waals surface area contributed by atoms with Crippen LogP contribution in [-0.2, 0) is 30.3 Å². The second-order valence-electron chi connectivity index (χ2n) is 6.43. The Labute approximate surface area is 182 Å². The average molecular weight is 422 g/mol. The highest BCUT2D eigenvalue weighted by Crippen LogP contribution is 2.28. The first-order valence-corrected chi connectivity index (χ1v) is 9.31. The number of hydrogen-bond donors (Lipinski definition) is 0. The van der Waals surface area contributed by atoms with E-state index in [0.29, 0.717) is 18.3 Å². The fraction of sp³-hybridized carbons (Fsp3) is 0.160. The topological polar surface area (TPSA) is 78.9 Å². The summed E-state index contributed by atoms with van der Waals surface area (Å²) in [5, 5.41) is 0. The fourth-order valence-electron chi connectivity index (χ4n) is 2.40. The quantitative estimate of drug-likeness (QED) is 0.200. The van der Waals surface area contributed by atoms with Gasteiger partial charge in [0.05, 0.1) is 7.11 Å². The smallest absolute Gasteiger partial charge is 0.339 e. The van der Waals surface area contributed by atoms with Crippen molar-refractivity contribution < 1.29 is 28.6 Å². The lowest BCUT2D eigenvalue weighted by Gasteiger charge is -2.16. The van der Waals surface area contributed by atoms with Crippen LogP contribution in [0.5, 0.6) is 5.75 Å². The maximum Gasteiger partial charge on any atom is 0.339 e. The van der Waals surface area contributed by atoms with Crippen LogP contribution in [-0.4, -0.2) is 25.3 Å². The van der Waals surface area contributed by atoms with Gasteiger partial charge in [0.15, 0.2) is 0 Å². The third-order valence-corrected chi connectivity index (χ3v) is 3.95. The molecule has 1 aromatic carbocycles. The monoisotopic (exact) mass is 422 g/mol. The third-order valence-electron chi connectivity index (χ3n) is 3.95. The molecule has 0 unspecified atom stereocenters. The van der Waals surface area contributed by atoms with Gasteiger partial charge in [0, 0.05) is 11.1 Å². The molecule has 0 fully saturated rings. The zero-order valence-electron chi connectivity index (χ0n) is 17.8. The Kier molecular flexibility index (Phi) is 10.2. The number of fused-ring (bicyclic) bond motifs is 1. The number of aldehydes is 1. The van der Waals surface area contributed by atoms with Gasteiger partial charge in [-0.2, -0.15) is 0 Å². The van der Waals surface area contributed by atoms with Crippen LogP contribution >= 0.6 is 0 Å². The standard InChI is InChI=1S/C22H22O5.C3H4O/c1-14(2)21(23)26-15(3)6-7-16(4)27-22(24)19-9-8-18-13-20(25-5)11-10-17(18)12-19;1-2-3-4/h6-7,10-13H,1,3-4,8-9H2,2,5H3;2-3H,1H2/b7-6-;. The summed E-state index contributed by atoms with van der Waals surface area (Å²) in [6, 6.07) is 5.73. The molecule has 0 radical (unpaired) electrons. The zero-order valence-corrected chi connectivity index (χ0v) is 17.8. The molecule has 31 heavy (non-hydrogen) atoms. The lowest BCUT2D eigenvalue weighted by atomic mass is 9.92. The predicted octanol–water partition coefficient (Wildman–Crippen LogP) is 4.64. The second kappa shape index (κ2) is 12.6. The lowest BCUT2D eigenvalue weighted by Crippen LogP contribution is -2.11. The van der Waals surface area contributed by atoms with Crippen molar-refractivity contribution in [3.05, 3.63) is 96.5 Å². The van der Waals surface area contributed by atoms with Crippen molar-refractivity contribution >= 4 is 24.3 Å². The molecular weight excluding hydrogens is 396 g/mol. The molecule has 0 heterocycles. The molecule has 0 N–H and O–H groups in total. The first kappa shape index (κ1) is 25.1. The number of rotatable bonds is 8. The molecule has 162 valence electrons. The van der Waals surface area contributed by atoms with Crippen LogP contribution in [0.3, 0.4) is 0 Å². The molecule has 0 bridgehead atoms. The number of allylic oxidation sites excluding steroid dienone is 3. The Hall–Kier alpha value is -3.93. The van der Waals surface area contributed by atoms with E-state index in [2.05, 4.69) is 26.3 Å². The number of methoxy groups -OCH3 is 1. The number of carbonyl (C=O) groups is 3. The SMILES string of the molecule is C=C(/C=C\C(=C)OC(=O)C1=Cc2ccc(OC)cc2CC1)OC(=O)C(=C)C.C=CC=O. The number of benzene rings is 1. The van der Waals surface area contributed by atoms with Crippen molar-refractivity contribution in [3.8, 4) is 5.75 Å². The van der Waals surface area contributed by atoms with Crippen molar-refractivity contribution in [2.75, 3.05) is 7.11 Å². The third kappa shape index (κ3) is 8.53.